The maximum atomic E-state index is 12.6. The maximum Gasteiger partial charge on any atom is 0.246 e. The summed E-state index contributed by atoms with van der Waals surface area (Å²) in [5.74, 6) is -0.144. The molecule has 1 aliphatic heterocycles. The van der Waals surface area contributed by atoms with E-state index in [1.54, 1.807) is 4.90 Å². The van der Waals surface area contributed by atoms with Crippen molar-refractivity contribution in [3.63, 3.8) is 0 Å². The minimum Gasteiger partial charge on any atom is -0.348 e. The summed E-state index contributed by atoms with van der Waals surface area (Å²) in [6, 6.07) is 16.5. The summed E-state index contributed by atoms with van der Waals surface area (Å²) in [6.07, 6.45) is 4.18. The summed E-state index contributed by atoms with van der Waals surface area (Å²) < 4.78 is 3.02. The van der Waals surface area contributed by atoms with Crippen LogP contribution in [0.25, 0.3) is 10.9 Å². The van der Waals surface area contributed by atoms with Gasteiger partial charge in [0.05, 0.1) is 6.04 Å². The highest BCUT2D eigenvalue weighted by Gasteiger charge is 2.30. The number of amides is 2. The van der Waals surface area contributed by atoms with Crippen LogP contribution in [0.2, 0.25) is 0 Å². The molecule has 5 nitrogen and oxygen atoms in total. The second-order valence-electron chi connectivity index (χ2n) is 7.32. The van der Waals surface area contributed by atoms with Crippen LogP contribution < -0.4 is 5.32 Å². The first-order chi connectivity index (χ1) is 14.0. The van der Waals surface area contributed by atoms with Gasteiger partial charge in [0.25, 0.3) is 0 Å². The third-order valence-corrected chi connectivity index (χ3v) is 5.70. The molecule has 2 aromatic carbocycles. The number of hydrogen-bond acceptors (Lipinski definition) is 2. The first kappa shape index (κ1) is 19.5. The van der Waals surface area contributed by atoms with Crippen LogP contribution >= 0.6 is 15.9 Å². The summed E-state index contributed by atoms with van der Waals surface area (Å²) >= 11 is 3.56. The molecule has 0 bridgehead atoms. The molecule has 2 heterocycles. The van der Waals surface area contributed by atoms with Crippen molar-refractivity contribution in [1.29, 1.82) is 0 Å². The molecule has 1 fully saturated rings. The van der Waals surface area contributed by atoms with Gasteiger partial charge in [0.2, 0.25) is 11.8 Å². The van der Waals surface area contributed by atoms with Crippen molar-refractivity contribution >= 4 is 38.6 Å². The highest BCUT2D eigenvalue weighted by atomic mass is 79.9. The zero-order valence-corrected chi connectivity index (χ0v) is 17.6. The van der Waals surface area contributed by atoms with Crippen LogP contribution in [0.5, 0.6) is 0 Å². The van der Waals surface area contributed by atoms with Crippen LogP contribution in [0.4, 0.5) is 0 Å². The van der Waals surface area contributed by atoms with Crippen molar-refractivity contribution in [2.75, 3.05) is 13.1 Å². The Hall–Kier alpha value is -2.86. The molecule has 6 heteroatoms. The Kier molecular flexibility index (Phi) is 5.53. The number of halogens is 1. The molecule has 0 aliphatic carbocycles. The van der Waals surface area contributed by atoms with Gasteiger partial charge in [-0.25, -0.2) is 0 Å². The van der Waals surface area contributed by atoms with Crippen molar-refractivity contribution in [3.8, 4) is 0 Å². The Bertz CT molecular complexity index is 1070. The van der Waals surface area contributed by atoms with Gasteiger partial charge in [-0.15, -0.1) is 0 Å². The minimum absolute atomic E-state index is 0.00570. The summed E-state index contributed by atoms with van der Waals surface area (Å²) in [5, 5.41) is 4.15. The highest BCUT2D eigenvalue weighted by Crippen LogP contribution is 2.27. The maximum absolute atomic E-state index is 12.6. The van der Waals surface area contributed by atoms with E-state index < -0.39 is 0 Å². The molecule has 3 aromatic rings. The van der Waals surface area contributed by atoms with E-state index in [1.165, 1.54) is 17.2 Å². The number of nitrogens with zero attached hydrogens (tertiary/aromatic N) is 2. The van der Waals surface area contributed by atoms with Gasteiger partial charge in [-0.05, 0) is 41.8 Å². The number of fused-ring (bicyclic) bond motifs is 1. The number of carbonyl (C=O) groups is 2. The van der Waals surface area contributed by atoms with Crippen molar-refractivity contribution in [2.45, 2.75) is 19.0 Å². The Labute approximate surface area is 178 Å². The largest absolute Gasteiger partial charge is 0.348 e. The van der Waals surface area contributed by atoms with Crippen LogP contribution in [0.15, 0.2) is 71.9 Å². The fourth-order valence-electron chi connectivity index (χ4n) is 3.74. The van der Waals surface area contributed by atoms with E-state index in [-0.39, 0.29) is 24.4 Å². The van der Waals surface area contributed by atoms with E-state index in [0.29, 0.717) is 13.1 Å². The summed E-state index contributed by atoms with van der Waals surface area (Å²) in [7, 11) is 0. The highest BCUT2D eigenvalue weighted by molar-refractivity contribution is 9.10. The second-order valence-corrected chi connectivity index (χ2v) is 8.23. The lowest BCUT2D eigenvalue weighted by Gasteiger charge is -2.38. The summed E-state index contributed by atoms with van der Waals surface area (Å²) in [6.45, 7) is 4.81. The number of benzene rings is 2. The van der Waals surface area contributed by atoms with E-state index in [1.807, 2.05) is 34.9 Å². The molecule has 148 valence electrons. The van der Waals surface area contributed by atoms with Crippen molar-refractivity contribution in [1.82, 2.24) is 14.8 Å². The van der Waals surface area contributed by atoms with Gasteiger partial charge < -0.3 is 14.8 Å². The van der Waals surface area contributed by atoms with E-state index in [4.69, 9.17) is 0 Å². The van der Waals surface area contributed by atoms with Crippen LogP contribution in [0.3, 0.4) is 0 Å². The lowest BCUT2D eigenvalue weighted by atomic mass is 10.0. The average molecular weight is 452 g/mol. The van der Waals surface area contributed by atoms with Crippen molar-refractivity contribution in [3.05, 3.63) is 83.0 Å². The van der Waals surface area contributed by atoms with Gasteiger partial charge in [-0.1, -0.05) is 52.8 Å². The minimum atomic E-state index is -0.0944. The van der Waals surface area contributed by atoms with E-state index >= 15 is 0 Å². The average Bonchev–Trinajstić information content (AvgIpc) is 3.01. The van der Waals surface area contributed by atoms with Gasteiger partial charge in [0, 0.05) is 34.7 Å². The predicted molar refractivity (Wildman–Crippen MR) is 118 cm³/mol. The molecule has 1 saturated heterocycles. The monoisotopic (exact) mass is 451 g/mol. The molecule has 0 atom stereocenters. The molecule has 2 amide bonds. The zero-order valence-electron chi connectivity index (χ0n) is 16.0. The number of aromatic nitrogens is 1. The van der Waals surface area contributed by atoms with Crippen LogP contribution in [0, 0.1) is 0 Å². The predicted octanol–water partition coefficient (Wildman–Crippen LogP) is 3.51. The fraction of sp³-hybridized carbons (Fsp3) is 0.217. The van der Waals surface area contributed by atoms with Crippen molar-refractivity contribution < 1.29 is 9.59 Å². The van der Waals surface area contributed by atoms with E-state index in [2.05, 4.69) is 52.2 Å². The Morgan fingerprint density at radius 1 is 1.17 bits per heavy atom. The third kappa shape index (κ3) is 4.27. The van der Waals surface area contributed by atoms with Gasteiger partial charge >= 0.3 is 0 Å². The quantitative estimate of drug-likeness (QED) is 0.583. The SMILES string of the molecule is C=CC(=O)N1CC(NC(=O)Cn2cc(Cc3ccccc3)c3cc(Br)ccc32)C1. The normalized spacial score (nSPS) is 13.9. The zero-order chi connectivity index (χ0) is 20.4. The lowest BCUT2D eigenvalue weighted by Crippen LogP contribution is -2.61. The third-order valence-electron chi connectivity index (χ3n) is 5.21. The number of hydrogen-bond donors (Lipinski definition) is 1. The smallest absolute Gasteiger partial charge is 0.246 e. The van der Waals surface area contributed by atoms with Gasteiger partial charge in [-0.3, -0.25) is 9.59 Å². The molecular weight excluding hydrogens is 430 g/mol. The topological polar surface area (TPSA) is 54.3 Å². The molecule has 29 heavy (non-hydrogen) atoms. The van der Waals surface area contributed by atoms with E-state index in [9.17, 15) is 9.59 Å². The summed E-state index contributed by atoms with van der Waals surface area (Å²) in [4.78, 5) is 25.8. The molecule has 0 spiro atoms. The standard InChI is InChI=1S/C23H22BrN3O2/c1-2-23(29)27-13-19(14-27)25-22(28)15-26-12-17(10-16-6-4-3-5-7-16)20-11-18(24)8-9-21(20)26/h2-9,11-12,19H,1,10,13-15H2,(H,25,28). The molecule has 0 saturated carbocycles. The van der Waals surface area contributed by atoms with Gasteiger partial charge in [-0.2, -0.15) is 0 Å². The molecule has 0 unspecified atom stereocenters. The Morgan fingerprint density at radius 2 is 1.93 bits per heavy atom. The Balaban J connectivity index is 1.49. The van der Waals surface area contributed by atoms with Gasteiger partial charge in [0.15, 0.2) is 0 Å². The van der Waals surface area contributed by atoms with Crippen LogP contribution in [0.1, 0.15) is 11.1 Å². The van der Waals surface area contributed by atoms with E-state index in [0.717, 1.165) is 21.8 Å². The van der Waals surface area contributed by atoms with Crippen molar-refractivity contribution in [2.24, 2.45) is 0 Å². The number of carbonyl (C=O) groups excluding carboxylic acids is 2. The molecule has 4 rings (SSSR count). The summed E-state index contributed by atoms with van der Waals surface area (Å²) in [5.41, 5.74) is 3.45. The molecule has 1 aliphatic rings. The Morgan fingerprint density at radius 3 is 2.66 bits per heavy atom. The van der Waals surface area contributed by atoms with Gasteiger partial charge in [0.1, 0.15) is 6.54 Å². The van der Waals surface area contributed by atoms with Crippen LogP contribution in [-0.4, -0.2) is 40.4 Å². The second kappa shape index (κ2) is 8.25. The molecular formula is C23H22BrN3O2. The fourth-order valence-corrected chi connectivity index (χ4v) is 4.10. The molecule has 0 radical (unpaired) electrons. The molecule has 1 N–H and O–H groups in total. The molecule has 1 aromatic heterocycles. The first-order valence-electron chi connectivity index (χ1n) is 9.55. The number of likely N-dealkylation sites (tertiary alicyclic amines) is 1. The lowest BCUT2D eigenvalue weighted by molar-refractivity contribution is -0.133. The van der Waals surface area contributed by atoms with Crippen LogP contribution in [-0.2, 0) is 22.6 Å². The number of nitrogens with one attached hydrogen (secondary N) is 1. The first-order valence-corrected chi connectivity index (χ1v) is 10.3. The number of rotatable bonds is 6.